The van der Waals surface area contributed by atoms with Crippen molar-refractivity contribution in [1.82, 2.24) is 10.2 Å². The predicted molar refractivity (Wildman–Crippen MR) is 80.8 cm³/mol. The standard InChI is InChI=1S/C16H28N2O3/c1-3-12-8-9-17-13(11-12)15(19)18-10-6-5-7-14(18)16(20)21-4-2/h12-14,17H,3-11H2,1-2H3. The Morgan fingerprint density at radius 1 is 1.24 bits per heavy atom. The molecule has 2 saturated heterocycles. The maximum absolute atomic E-state index is 12.8. The van der Waals surface area contributed by atoms with Gasteiger partial charge < -0.3 is 15.0 Å². The largest absolute Gasteiger partial charge is 0.464 e. The lowest BCUT2D eigenvalue weighted by molar-refractivity contribution is -0.157. The van der Waals surface area contributed by atoms with Crippen LogP contribution in [0.15, 0.2) is 0 Å². The lowest BCUT2D eigenvalue weighted by Crippen LogP contribution is -2.56. The van der Waals surface area contributed by atoms with Crippen molar-refractivity contribution in [3.63, 3.8) is 0 Å². The van der Waals surface area contributed by atoms with Gasteiger partial charge >= 0.3 is 5.97 Å². The summed E-state index contributed by atoms with van der Waals surface area (Å²) in [6.45, 7) is 5.93. The fraction of sp³-hybridized carbons (Fsp3) is 0.875. The van der Waals surface area contributed by atoms with E-state index in [9.17, 15) is 9.59 Å². The van der Waals surface area contributed by atoms with Gasteiger partial charge in [0.25, 0.3) is 0 Å². The molecule has 120 valence electrons. The first kappa shape index (κ1) is 16.3. The number of ether oxygens (including phenoxy) is 1. The third kappa shape index (κ3) is 3.96. The number of likely N-dealkylation sites (tertiary alicyclic amines) is 1. The van der Waals surface area contributed by atoms with Crippen LogP contribution in [0.5, 0.6) is 0 Å². The van der Waals surface area contributed by atoms with E-state index in [0.29, 0.717) is 19.1 Å². The normalized spacial score (nSPS) is 30.0. The van der Waals surface area contributed by atoms with Crippen LogP contribution in [0.2, 0.25) is 0 Å². The molecule has 5 heteroatoms. The van der Waals surface area contributed by atoms with Crippen LogP contribution in [0.3, 0.4) is 0 Å². The molecule has 0 aromatic rings. The van der Waals surface area contributed by atoms with Gasteiger partial charge in [-0.15, -0.1) is 0 Å². The molecule has 1 N–H and O–H groups in total. The molecule has 3 unspecified atom stereocenters. The molecule has 2 aliphatic rings. The van der Waals surface area contributed by atoms with Gasteiger partial charge in [-0.25, -0.2) is 4.79 Å². The van der Waals surface area contributed by atoms with Gasteiger partial charge in [-0.3, -0.25) is 4.79 Å². The van der Waals surface area contributed by atoms with Crippen molar-refractivity contribution in [3.05, 3.63) is 0 Å². The van der Waals surface area contributed by atoms with E-state index in [1.54, 1.807) is 11.8 Å². The van der Waals surface area contributed by atoms with Crippen LogP contribution in [-0.2, 0) is 14.3 Å². The molecule has 2 fully saturated rings. The first-order chi connectivity index (χ1) is 10.2. The molecule has 2 rings (SSSR count). The van der Waals surface area contributed by atoms with Gasteiger partial charge in [-0.2, -0.15) is 0 Å². The zero-order valence-electron chi connectivity index (χ0n) is 13.3. The molecule has 3 atom stereocenters. The Bertz CT molecular complexity index is 373. The number of rotatable bonds is 4. The van der Waals surface area contributed by atoms with Crippen molar-refractivity contribution >= 4 is 11.9 Å². The van der Waals surface area contributed by atoms with E-state index in [4.69, 9.17) is 4.74 Å². The Kier molecular flexibility index (Phi) is 6.03. The highest BCUT2D eigenvalue weighted by molar-refractivity contribution is 5.88. The molecular formula is C16H28N2O3. The summed E-state index contributed by atoms with van der Waals surface area (Å²) < 4.78 is 5.14. The summed E-state index contributed by atoms with van der Waals surface area (Å²) in [5.41, 5.74) is 0. The maximum atomic E-state index is 12.8. The van der Waals surface area contributed by atoms with Gasteiger partial charge in [-0.1, -0.05) is 13.3 Å². The molecule has 5 nitrogen and oxygen atoms in total. The van der Waals surface area contributed by atoms with E-state index in [2.05, 4.69) is 12.2 Å². The average Bonchev–Trinajstić information content (AvgIpc) is 2.54. The molecular weight excluding hydrogens is 268 g/mol. The molecule has 0 spiro atoms. The average molecular weight is 296 g/mol. The number of nitrogens with one attached hydrogen (secondary N) is 1. The fourth-order valence-electron chi connectivity index (χ4n) is 3.43. The zero-order chi connectivity index (χ0) is 15.2. The van der Waals surface area contributed by atoms with Gasteiger partial charge in [0.1, 0.15) is 6.04 Å². The Morgan fingerprint density at radius 2 is 2.05 bits per heavy atom. The zero-order valence-corrected chi connectivity index (χ0v) is 13.3. The van der Waals surface area contributed by atoms with Crippen molar-refractivity contribution in [2.24, 2.45) is 5.92 Å². The first-order valence-electron chi connectivity index (χ1n) is 8.37. The van der Waals surface area contributed by atoms with E-state index in [1.807, 2.05) is 0 Å². The van der Waals surface area contributed by atoms with Crippen LogP contribution < -0.4 is 5.32 Å². The summed E-state index contributed by atoms with van der Waals surface area (Å²) in [7, 11) is 0. The number of esters is 1. The van der Waals surface area contributed by atoms with Crippen LogP contribution in [-0.4, -0.2) is 48.6 Å². The van der Waals surface area contributed by atoms with Crippen molar-refractivity contribution in [2.75, 3.05) is 19.7 Å². The third-order valence-corrected chi connectivity index (χ3v) is 4.73. The SMILES string of the molecule is CCOC(=O)C1CCCCN1C(=O)C1CC(CC)CCN1. The number of carbonyl (C=O) groups is 2. The van der Waals surface area contributed by atoms with E-state index in [0.717, 1.165) is 45.1 Å². The summed E-state index contributed by atoms with van der Waals surface area (Å²) in [4.78, 5) is 26.6. The molecule has 0 aromatic heterocycles. The Labute approximate surface area is 127 Å². The van der Waals surface area contributed by atoms with Gasteiger partial charge in [0.05, 0.1) is 12.6 Å². The molecule has 0 aromatic carbocycles. The van der Waals surface area contributed by atoms with Gasteiger partial charge in [0.2, 0.25) is 5.91 Å². The van der Waals surface area contributed by atoms with Crippen LogP contribution in [0.25, 0.3) is 0 Å². The summed E-state index contributed by atoms with van der Waals surface area (Å²) in [5.74, 6) is 0.463. The van der Waals surface area contributed by atoms with Crippen LogP contribution in [0, 0.1) is 5.92 Å². The molecule has 21 heavy (non-hydrogen) atoms. The first-order valence-corrected chi connectivity index (χ1v) is 8.37. The molecule has 0 radical (unpaired) electrons. The van der Waals surface area contributed by atoms with Crippen LogP contribution >= 0.6 is 0 Å². The summed E-state index contributed by atoms with van der Waals surface area (Å²) in [5, 5.41) is 3.33. The summed E-state index contributed by atoms with van der Waals surface area (Å²) >= 11 is 0. The second-order valence-corrected chi connectivity index (χ2v) is 6.10. The summed E-state index contributed by atoms with van der Waals surface area (Å²) in [6, 6.07) is -0.506. The Morgan fingerprint density at radius 3 is 2.76 bits per heavy atom. The van der Waals surface area contributed by atoms with Crippen LogP contribution in [0.1, 0.15) is 52.4 Å². The number of piperidine rings is 2. The maximum Gasteiger partial charge on any atom is 0.328 e. The second-order valence-electron chi connectivity index (χ2n) is 6.10. The second kappa shape index (κ2) is 7.78. The Hall–Kier alpha value is -1.10. The van der Waals surface area contributed by atoms with Crippen LogP contribution in [0.4, 0.5) is 0 Å². The van der Waals surface area contributed by atoms with E-state index in [-0.39, 0.29) is 24.0 Å². The molecule has 0 aliphatic carbocycles. The highest BCUT2D eigenvalue weighted by Crippen LogP contribution is 2.24. The number of hydrogen-bond donors (Lipinski definition) is 1. The molecule has 0 saturated carbocycles. The molecule has 1 amide bonds. The van der Waals surface area contributed by atoms with Crippen molar-refractivity contribution < 1.29 is 14.3 Å². The minimum absolute atomic E-state index is 0.0888. The lowest BCUT2D eigenvalue weighted by Gasteiger charge is -2.38. The van der Waals surface area contributed by atoms with Gasteiger partial charge in [-0.05, 0) is 51.5 Å². The topological polar surface area (TPSA) is 58.6 Å². The van der Waals surface area contributed by atoms with E-state index in [1.165, 1.54) is 0 Å². The number of amides is 1. The molecule has 0 bridgehead atoms. The fourth-order valence-corrected chi connectivity index (χ4v) is 3.43. The molecule has 2 heterocycles. The highest BCUT2D eigenvalue weighted by Gasteiger charge is 2.37. The minimum atomic E-state index is -0.380. The lowest BCUT2D eigenvalue weighted by atomic mass is 9.89. The van der Waals surface area contributed by atoms with Crippen molar-refractivity contribution in [3.8, 4) is 0 Å². The van der Waals surface area contributed by atoms with E-state index >= 15 is 0 Å². The van der Waals surface area contributed by atoms with Crippen molar-refractivity contribution in [2.45, 2.75) is 64.5 Å². The van der Waals surface area contributed by atoms with E-state index < -0.39 is 0 Å². The number of nitrogens with zero attached hydrogens (tertiary/aromatic N) is 1. The number of carbonyl (C=O) groups excluding carboxylic acids is 2. The monoisotopic (exact) mass is 296 g/mol. The molecule has 2 aliphatic heterocycles. The minimum Gasteiger partial charge on any atom is -0.464 e. The summed E-state index contributed by atoms with van der Waals surface area (Å²) in [6.07, 6.45) is 5.85. The third-order valence-electron chi connectivity index (χ3n) is 4.73. The van der Waals surface area contributed by atoms with Gasteiger partial charge in [0, 0.05) is 6.54 Å². The van der Waals surface area contributed by atoms with Crippen molar-refractivity contribution in [1.29, 1.82) is 0 Å². The number of hydrogen-bond acceptors (Lipinski definition) is 4. The highest BCUT2D eigenvalue weighted by atomic mass is 16.5. The Balaban J connectivity index is 2.02. The van der Waals surface area contributed by atoms with Gasteiger partial charge in [0.15, 0.2) is 0 Å². The smallest absolute Gasteiger partial charge is 0.328 e. The predicted octanol–water partition coefficient (Wildman–Crippen LogP) is 1.71. The quantitative estimate of drug-likeness (QED) is 0.802.